The van der Waals surface area contributed by atoms with Crippen molar-refractivity contribution >= 4 is 31.6 Å². The van der Waals surface area contributed by atoms with E-state index in [0.717, 1.165) is 25.3 Å². The van der Waals surface area contributed by atoms with Gasteiger partial charge in [-0.2, -0.15) is 0 Å². The molecule has 7 heteroatoms. The van der Waals surface area contributed by atoms with Crippen LogP contribution in [-0.4, -0.2) is 14.5 Å². The van der Waals surface area contributed by atoms with Gasteiger partial charge in [0.15, 0.2) is 5.82 Å². The number of anilines is 1. The third-order valence-electron chi connectivity index (χ3n) is 2.73. The molecular weight excluding hydrogens is 311 g/mol. The first kappa shape index (κ1) is 12.8. The first-order chi connectivity index (χ1) is 7.90. The van der Waals surface area contributed by atoms with Gasteiger partial charge < -0.3 is 5.73 Å². The summed E-state index contributed by atoms with van der Waals surface area (Å²) in [5.74, 6) is -0.814. The van der Waals surface area contributed by atoms with Gasteiger partial charge in [-0.3, -0.25) is 0 Å². The average Bonchev–Trinajstić information content (AvgIpc) is 2.17. The highest BCUT2D eigenvalue weighted by Gasteiger charge is 2.27. The zero-order chi connectivity index (χ0) is 12.6. The van der Waals surface area contributed by atoms with Gasteiger partial charge in [-0.15, -0.1) is 0 Å². The topological polar surface area (TPSA) is 72.2 Å². The quantitative estimate of drug-likeness (QED) is 0.836. The summed E-state index contributed by atoms with van der Waals surface area (Å²) in [5, 5.41) is 0. The van der Waals surface area contributed by atoms with E-state index in [-0.39, 0.29) is 16.2 Å². The second-order valence-electron chi connectivity index (χ2n) is 4.06. The molecule has 1 aromatic carbocycles. The largest absolute Gasteiger partial charge is 0.399 e. The van der Waals surface area contributed by atoms with Gasteiger partial charge in [-0.05, 0) is 40.9 Å². The molecule has 1 aliphatic carbocycles. The molecule has 1 aromatic rings. The third kappa shape index (κ3) is 2.61. The molecule has 0 aliphatic heterocycles. The molecule has 0 radical (unpaired) electrons. The van der Waals surface area contributed by atoms with Crippen molar-refractivity contribution in [3.63, 3.8) is 0 Å². The van der Waals surface area contributed by atoms with E-state index in [4.69, 9.17) is 5.73 Å². The van der Waals surface area contributed by atoms with Crippen molar-refractivity contribution < 1.29 is 12.8 Å². The van der Waals surface area contributed by atoms with E-state index in [9.17, 15) is 12.8 Å². The van der Waals surface area contributed by atoms with E-state index in [2.05, 4.69) is 20.7 Å². The molecule has 1 fully saturated rings. The molecule has 0 amide bonds. The minimum atomic E-state index is -3.83. The van der Waals surface area contributed by atoms with Crippen LogP contribution in [0.1, 0.15) is 19.3 Å². The minimum Gasteiger partial charge on any atom is -0.399 e. The summed E-state index contributed by atoms with van der Waals surface area (Å²) in [7, 11) is -3.83. The maximum Gasteiger partial charge on any atom is 0.243 e. The van der Waals surface area contributed by atoms with Crippen LogP contribution >= 0.6 is 15.9 Å². The highest BCUT2D eigenvalue weighted by Crippen LogP contribution is 2.27. The number of nitrogen functional groups attached to an aromatic ring is 1. The monoisotopic (exact) mass is 322 g/mol. The normalized spacial score (nSPS) is 16.8. The molecule has 0 aromatic heterocycles. The van der Waals surface area contributed by atoms with Crippen LogP contribution in [0, 0.1) is 5.82 Å². The number of nitrogens with two attached hydrogens (primary N) is 1. The second kappa shape index (κ2) is 4.55. The number of halogens is 2. The smallest absolute Gasteiger partial charge is 0.243 e. The minimum absolute atomic E-state index is 0.0477. The Morgan fingerprint density at radius 2 is 2.06 bits per heavy atom. The van der Waals surface area contributed by atoms with Crippen molar-refractivity contribution in [3.8, 4) is 0 Å². The highest BCUT2D eigenvalue weighted by molar-refractivity contribution is 9.10. The summed E-state index contributed by atoms with van der Waals surface area (Å²) in [5.41, 5.74) is 5.71. The van der Waals surface area contributed by atoms with E-state index in [1.807, 2.05) is 0 Å². The van der Waals surface area contributed by atoms with Gasteiger partial charge in [0.2, 0.25) is 10.0 Å². The Bertz CT molecular complexity index is 543. The maximum atomic E-state index is 13.7. The molecule has 3 N–H and O–H groups in total. The standard InChI is InChI=1S/C10H12BrFN2O2S/c11-8-4-6(13)5-9(10(8)12)17(15,16)14-7-2-1-3-7/h4-5,7,14H,1-3,13H2. The van der Waals surface area contributed by atoms with E-state index < -0.39 is 20.7 Å². The molecule has 1 aliphatic rings. The maximum absolute atomic E-state index is 13.7. The fourth-order valence-corrected chi connectivity index (χ4v) is 3.64. The summed E-state index contributed by atoms with van der Waals surface area (Å²) >= 11 is 2.94. The Balaban J connectivity index is 2.38. The Hall–Kier alpha value is -0.660. The Kier molecular flexibility index (Phi) is 3.42. The number of rotatable bonds is 3. The fraction of sp³-hybridized carbons (Fsp3) is 0.400. The van der Waals surface area contributed by atoms with Gasteiger partial charge in [-0.1, -0.05) is 6.42 Å². The SMILES string of the molecule is Nc1cc(Br)c(F)c(S(=O)(=O)NC2CCC2)c1. The van der Waals surface area contributed by atoms with E-state index in [0.29, 0.717) is 0 Å². The van der Waals surface area contributed by atoms with Crippen molar-refractivity contribution in [2.24, 2.45) is 0 Å². The molecule has 17 heavy (non-hydrogen) atoms. The fourth-order valence-electron chi connectivity index (χ4n) is 1.59. The van der Waals surface area contributed by atoms with E-state index >= 15 is 0 Å². The number of benzene rings is 1. The van der Waals surface area contributed by atoms with Gasteiger partial charge in [0.05, 0.1) is 4.47 Å². The molecule has 0 spiro atoms. The highest BCUT2D eigenvalue weighted by atomic mass is 79.9. The lowest BCUT2D eigenvalue weighted by atomic mass is 9.94. The number of hydrogen-bond acceptors (Lipinski definition) is 3. The van der Waals surface area contributed by atoms with Crippen molar-refractivity contribution in [2.75, 3.05) is 5.73 Å². The first-order valence-electron chi connectivity index (χ1n) is 5.17. The summed E-state index contributed by atoms with van der Waals surface area (Å²) < 4.78 is 40.1. The van der Waals surface area contributed by atoms with Crippen LogP contribution in [0.4, 0.5) is 10.1 Å². The van der Waals surface area contributed by atoms with Crippen molar-refractivity contribution in [2.45, 2.75) is 30.2 Å². The number of hydrogen-bond donors (Lipinski definition) is 2. The molecule has 1 saturated carbocycles. The van der Waals surface area contributed by atoms with Crippen molar-refractivity contribution in [1.82, 2.24) is 4.72 Å². The van der Waals surface area contributed by atoms with Crippen LogP contribution in [0.25, 0.3) is 0 Å². The van der Waals surface area contributed by atoms with Gasteiger partial charge in [0.1, 0.15) is 4.90 Å². The Labute approximate surface area is 108 Å². The Morgan fingerprint density at radius 3 is 2.59 bits per heavy atom. The molecular formula is C10H12BrFN2O2S. The summed E-state index contributed by atoms with van der Waals surface area (Å²) in [6, 6.07) is 2.37. The summed E-state index contributed by atoms with van der Waals surface area (Å²) in [6.07, 6.45) is 2.59. The molecule has 0 saturated heterocycles. The molecule has 2 rings (SSSR count). The molecule has 0 bridgehead atoms. The van der Waals surface area contributed by atoms with Crippen molar-refractivity contribution in [3.05, 3.63) is 22.4 Å². The number of nitrogens with one attached hydrogen (secondary N) is 1. The predicted octanol–water partition coefficient (Wildman–Crippen LogP) is 2.00. The molecule has 4 nitrogen and oxygen atoms in total. The zero-order valence-corrected chi connectivity index (χ0v) is 11.3. The van der Waals surface area contributed by atoms with Crippen LogP contribution in [0.3, 0.4) is 0 Å². The second-order valence-corrected chi connectivity index (χ2v) is 6.60. The predicted molar refractivity (Wildman–Crippen MR) is 66.5 cm³/mol. The molecule has 0 atom stereocenters. The lowest BCUT2D eigenvalue weighted by molar-refractivity contribution is 0.382. The zero-order valence-electron chi connectivity index (χ0n) is 8.91. The number of sulfonamides is 1. The van der Waals surface area contributed by atoms with Gasteiger partial charge in [-0.25, -0.2) is 17.5 Å². The summed E-state index contributed by atoms with van der Waals surface area (Å²) in [4.78, 5) is -0.406. The van der Waals surface area contributed by atoms with Crippen LogP contribution in [0.2, 0.25) is 0 Å². The van der Waals surface area contributed by atoms with Crippen LogP contribution in [-0.2, 0) is 10.0 Å². The van der Waals surface area contributed by atoms with Gasteiger partial charge >= 0.3 is 0 Å². The first-order valence-corrected chi connectivity index (χ1v) is 7.44. The molecule has 0 unspecified atom stereocenters. The van der Waals surface area contributed by atoms with E-state index in [1.165, 1.54) is 6.07 Å². The van der Waals surface area contributed by atoms with Crippen LogP contribution in [0.5, 0.6) is 0 Å². The van der Waals surface area contributed by atoms with Gasteiger partial charge in [0, 0.05) is 11.7 Å². The molecule has 0 heterocycles. The average molecular weight is 323 g/mol. The van der Waals surface area contributed by atoms with Crippen molar-refractivity contribution in [1.29, 1.82) is 0 Å². The van der Waals surface area contributed by atoms with Crippen LogP contribution in [0.15, 0.2) is 21.5 Å². The van der Waals surface area contributed by atoms with Crippen LogP contribution < -0.4 is 10.5 Å². The Morgan fingerprint density at radius 1 is 1.41 bits per heavy atom. The lowest BCUT2D eigenvalue weighted by Gasteiger charge is -2.26. The molecule has 94 valence electrons. The van der Waals surface area contributed by atoms with E-state index in [1.54, 1.807) is 0 Å². The lowest BCUT2D eigenvalue weighted by Crippen LogP contribution is -2.39. The third-order valence-corrected chi connectivity index (χ3v) is 4.83. The summed E-state index contributed by atoms with van der Waals surface area (Å²) in [6.45, 7) is 0. The van der Waals surface area contributed by atoms with Gasteiger partial charge in [0.25, 0.3) is 0 Å².